The first kappa shape index (κ1) is 29.4. The van der Waals surface area contributed by atoms with Gasteiger partial charge in [-0.15, -0.1) is 0 Å². The van der Waals surface area contributed by atoms with E-state index in [1.807, 2.05) is 0 Å². The van der Waals surface area contributed by atoms with Gasteiger partial charge < -0.3 is 15.0 Å². The van der Waals surface area contributed by atoms with Gasteiger partial charge in [0.15, 0.2) is 0 Å². The lowest BCUT2D eigenvalue weighted by Gasteiger charge is -2.33. The predicted molar refractivity (Wildman–Crippen MR) is 177 cm³/mol. The molecule has 0 bridgehead atoms. The number of anilines is 2. The minimum Gasteiger partial charge on any atom is -0.457 e. The topological polar surface area (TPSA) is 41.6 Å². The second-order valence-corrected chi connectivity index (χ2v) is 11.6. The van der Waals surface area contributed by atoms with E-state index in [2.05, 4.69) is 122 Å². The van der Waals surface area contributed by atoms with Gasteiger partial charge in [-0.25, -0.2) is 4.79 Å². The van der Waals surface area contributed by atoms with E-state index in [1.54, 1.807) is 6.92 Å². The number of hydrogen-bond acceptors (Lipinski definition) is 4. The highest BCUT2D eigenvalue weighted by atomic mass is 16.5. The Bertz CT molecular complexity index is 1520. The van der Waals surface area contributed by atoms with Crippen LogP contribution in [0.2, 0.25) is 0 Å². The smallest absolute Gasteiger partial charge is 0.333 e. The number of nitrogens with one attached hydrogen (secondary N) is 1. The number of benzene rings is 4. The van der Waals surface area contributed by atoms with Crippen LogP contribution in [0, 0.1) is 6.92 Å². The van der Waals surface area contributed by atoms with Gasteiger partial charge in [-0.2, -0.15) is 0 Å². The number of carbonyl (C=O) groups is 1. The molecule has 218 valence electrons. The molecule has 0 heterocycles. The van der Waals surface area contributed by atoms with E-state index in [0.717, 1.165) is 44.5 Å². The molecule has 1 aliphatic carbocycles. The van der Waals surface area contributed by atoms with Gasteiger partial charge in [0.2, 0.25) is 0 Å². The van der Waals surface area contributed by atoms with Crippen LogP contribution in [-0.2, 0) is 9.53 Å². The standard InChI is InChI=1S/C38H44N2O2/c1-6-40(7-2)30-22-20-29(21-23-30)37(28-18-16-27(5)17-19-28)33-24-25-34(32-13-9-8-12-31(32)33)39-35-14-10-11-15-36(35)42-38(41)26(3)4/h8-9,12-13,16-25,35-37,39H,3,6-7,10-11,14-15H2,1-2,4-5H3. The largest absolute Gasteiger partial charge is 0.457 e. The SMILES string of the molecule is C=C(C)C(=O)OC1CCCCC1Nc1ccc(C(c2ccc(C)cc2)c2ccc(N(CC)CC)cc2)c2ccccc12. The van der Waals surface area contributed by atoms with Crippen molar-refractivity contribution in [3.63, 3.8) is 0 Å². The van der Waals surface area contributed by atoms with Crippen LogP contribution in [0.15, 0.2) is 97.1 Å². The Kier molecular flexibility index (Phi) is 9.31. The van der Waals surface area contributed by atoms with Gasteiger partial charge in [0.1, 0.15) is 6.10 Å². The first-order valence-corrected chi connectivity index (χ1v) is 15.5. The van der Waals surface area contributed by atoms with Crippen LogP contribution in [-0.4, -0.2) is 31.2 Å². The first-order chi connectivity index (χ1) is 20.4. The molecule has 1 saturated carbocycles. The minimum atomic E-state index is -0.304. The van der Waals surface area contributed by atoms with E-state index in [1.165, 1.54) is 38.7 Å². The van der Waals surface area contributed by atoms with E-state index in [4.69, 9.17) is 4.74 Å². The van der Waals surface area contributed by atoms with Gasteiger partial charge in [-0.3, -0.25) is 0 Å². The van der Waals surface area contributed by atoms with Gasteiger partial charge >= 0.3 is 5.97 Å². The predicted octanol–water partition coefficient (Wildman–Crippen LogP) is 9.02. The van der Waals surface area contributed by atoms with Gasteiger partial charge in [0.05, 0.1) is 6.04 Å². The van der Waals surface area contributed by atoms with E-state index >= 15 is 0 Å². The second kappa shape index (κ2) is 13.3. The highest BCUT2D eigenvalue weighted by Crippen LogP contribution is 2.40. The van der Waals surface area contributed by atoms with E-state index < -0.39 is 0 Å². The molecule has 0 radical (unpaired) electrons. The van der Waals surface area contributed by atoms with Crippen LogP contribution < -0.4 is 10.2 Å². The van der Waals surface area contributed by atoms with Gasteiger partial charge in [0.25, 0.3) is 0 Å². The lowest BCUT2D eigenvalue weighted by molar-refractivity contribution is -0.146. The molecule has 1 N–H and O–H groups in total. The van der Waals surface area contributed by atoms with Crippen molar-refractivity contribution < 1.29 is 9.53 Å². The number of ether oxygens (including phenoxy) is 1. The summed E-state index contributed by atoms with van der Waals surface area (Å²) in [4.78, 5) is 14.8. The quantitative estimate of drug-likeness (QED) is 0.119. The van der Waals surface area contributed by atoms with Crippen LogP contribution in [0.3, 0.4) is 0 Å². The van der Waals surface area contributed by atoms with Crippen molar-refractivity contribution in [2.45, 2.75) is 71.4 Å². The van der Waals surface area contributed by atoms with Gasteiger partial charge in [-0.1, -0.05) is 85.3 Å². The van der Waals surface area contributed by atoms with Crippen molar-refractivity contribution in [1.29, 1.82) is 0 Å². The fraction of sp³-hybridized carbons (Fsp3) is 0.342. The third kappa shape index (κ3) is 6.38. The maximum absolute atomic E-state index is 12.4. The van der Waals surface area contributed by atoms with Crippen molar-refractivity contribution in [2.24, 2.45) is 0 Å². The first-order valence-electron chi connectivity index (χ1n) is 15.5. The Morgan fingerprint density at radius 2 is 1.50 bits per heavy atom. The van der Waals surface area contributed by atoms with Gasteiger partial charge in [0, 0.05) is 41.3 Å². The summed E-state index contributed by atoms with van der Waals surface area (Å²) in [5, 5.41) is 6.20. The zero-order valence-corrected chi connectivity index (χ0v) is 25.5. The van der Waals surface area contributed by atoms with Crippen LogP contribution in [0.5, 0.6) is 0 Å². The molecule has 0 aromatic heterocycles. The summed E-state index contributed by atoms with van der Waals surface area (Å²) in [6, 6.07) is 31.3. The Morgan fingerprint density at radius 1 is 0.881 bits per heavy atom. The number of esters is 1. The molecule has 4 heteroatoms. The average molecular weight is 561 g/mol. The Balaban J connectivity index is 1.55. The van der Waals surface area contributed by atoms with Crippen LogP contribution in [0.4, 0.5) is 11.4 Å². The lowest BCUT2D eigenvalue weighted by Crippen LogP contribution is -2.40. The number of aryl methyl sites for hydroxylation is 1. The van der Waals surface area contributed by atoms with E-state index in [9.17, 15) is 4.79 Å². The van der Waals surface area contributed by atoms with Crippen molar-refractivity contribution in [2.75, 3.05) is 23.3 Å². The Labute approximate surface area is 251 Å². The van der Waals surface area contributed by atoms with Crippen molar-refractivity contribution in [3.05, 3.63) is 119 Å². The molecule has 0 spiro atoms. The molecule has 0 aliphatic heterocycles. The second-order valence-electron chi connectivity index (χ2n) is 11.6. The van der Waals surface area contributed by atoms with Crippen LogP contribution in [0.25, 0.3) is 10.8 Å². The van der Waals surface area contributed by atoms with Crippen molar-refractivity contribution in [1.82, 2.24) is 0 Å². The summed E-state index contributed by atoms with van der Waals surface area (Å²) >= 11 is 0. The number of hydrogen-bond donors (Lipinski definition) is 1. The number of carbonyl (C=O) groups excluding carboxylic acids is 1. The third-order valence-corrected chi connectivity index (χ3v) is 8.68. The fourth-order valence-corrected chi connectivity index (χ4v) is 6.32. The fourth-order valence-electron chi connectivity index (χ4n) is 6.32. The summed E-state index contributed by atoms with van der Waals surface area (Å²) < 4.78 is 5.88. The molecular weight excluding hydrogens is 516 g/mol. The normalized spacial score (nSPS) is 17.4. The van der Waals surface area contributed by atoms with Gasteiger partial charge in [-0.05, 0) is 87.2 Å². The number of fused-ring (bicyclic) bond motifs is 1. The zero-order chi connectivity index (χ0) is 29.6. The molecule has 42 heavy (non-hydrogen) atoms. The zero-order valence-electron chi connectivity index (χ0n) is 25.5. The molecule has 4 aromatic rings. The highest BCUT2D eigenvalue weighted by Gasteiger charge is 2.29. The summed E-state index contributed by atoms with van der Waals surface area (Å²) in [6.45, 7) is 14.0. The summed E-state index contributed by atoms with van der Waals surface area (Å²) in [5.74, 6) is -0.212. The molecule has 3 unspecified atom stereocenters. The molecule has 3 atom stereocenters. The Hall–Kier alpha value is -4.05. The minimum absolute atomic E-state index is 0.0665. The highest BCUT2D eigenvalue weighted by molar-refractivity contribution is 5.97. The summed E-state index contributed by atoms with van der Waals surface area (Å²) in [6.07, 6.45) is 3.86. The average Bonchev–Trinajstić information content (AvgIpc) is 3.01. The molecule has 0 saturated heterocycles. The molecule has 5 rings (SSSR count). The maximum atomic E-state index is 12.4. The van der Waals surface area contributed by atoms with Crippen molar-refractivity contribution >= 4 is 28.1 Å². The van der Waals surface area contributed by atoms with E-state index in [-0.39, 0.29) is 24.0 Å². The molecule has 1 fully saturated rings. The summed E-state index contributed by atoms with van der Waals surface area (Å²) in [7, 11) is 0. The lowest BCUT2D eigenvalue weighted by atomic mass is 9.82. The molecule has 1 aliphatic rings. The Morgan fingerprint density at radius 3 is 2.14 bits per heavy atom. The van der Waals surface area contributed by atoms with Crippen LogP contribution in [0.1, 0.15) is 74.6 Å². The van der Waals surface area contributed by atoms with E-state index in [0.29, 0.717) is 5.57 Å². The van der Waals surface area contributed by atoms with Crippen LogP contribution >= 0.6 is 0 Å². The third-order valence-electron chi connectivity index (χ3n) is 8.68. The number of rotatable bonds is 10. The number of nitrogens with zero attached hydrogens (tertiary/aromatic N) is 1. The summed E-state index contributed by atoms with van der Waals surface area (Å²) in [5.41, 5.74) is 7.88. The molecule has 4 aromatic carbocycles. The monoisotopic (exact) mass is 560 g/mol. The molecule has 0 amide bonds. The molecular formula is C38H44N2O2. The molecule has 4 nitrogen and oxygen atoms in total. The maximum Gasteiger partial charge on any atom is 0.333 e. The van der Waals surface area contributed by atoms with Crippen molar-refractivity contribution in [3.8, 4) is 0 Å².